The van der Waals surface area contributed by atoms with E-state index in [1.165, 1.54) is 32.1 Å². The third-order valence-electron chi connectivity index (χ3n) is 6.96. The van der Waals surface area contributed by atoms with Crippen LogP contribution in [0.3, 0.4) is 0 Å². The quantitative estimate of drug-likeness (QED) is 0.538. The Morgan fingerprint density at radius 3 is 2.38 bits per heavy atom. The summed E-state index contributed by atoms with van der Waals surface area (Å²) in [5.41, 5.74) is 3.08. The lowest BCUT2D eigenvalue weighted by Crippen LogP contribution is -2.51. The van der Waals surface area contributed by atoms with Gasteiger partial charge in [-0.1, -0.05) is 31.4 Å². The summed E-state index contributed by atoms with van der Waals surface area (Å²) in [6.45, 7) is 1.11. The second-order valence-corrected chi connectivity index (χ2v) is 10.0. The third-order valence-corrected chi connectivity index (χ3v) is 7.20. The molecule has 0 bridgehead atoms. The van der Waals surface area contributed by atoms with E-state index < -0.39 is 0 Å². The van der Waals surface area contributed by atoms with Gasteiger partial charge in [0.05, 0.1) is 31.0 Å². The molecular weight excluding hydrogens is 448 g/mol. The Kier molecular flexibility index (Phi) is 7.12. The SMILES string of the molecule is CN(C)c1ccc(-c2ccnc(N[C@@H]3CO[C@@H]4[C@@H]3OC[C@@H]4NC(=S)NC3CCCCC3)n2)cc1. The van der Waals surface area contributed by atoms with Gasteiger partial charge in [0.1, 0.15) is 12.2 Å². The highest BCUT2D eigenvalue weighted by Gasteiger charge is 2.48. The van der Waals surface area contributed by atoms with Crippen molar-refractivity contribution in [1.29, 1.82) is 0 Å². The van der Waals surface area contributed by atoms with Gasteiger partial charge in [-0.2, -0.15) is 0 Å². The molecule has 182 valence electrons. The van der Waals surface area contributed by atoms with Crippen molar-refractivity contribution in [2.75, 3.05) is 37.5 Å². The fraction of sp³-hybridized carbons (Fsp3) is 0.560. The lowest BCUT2D eigenvalue weighted by atomic mass is 9.96. The minimum absolute atomic E-state index is 0.0111. The molecular formula is C25H34N6O2S. The molecule has 3 aliphatic rings. The molecule has 9 heteroatoms. The molecule has 3 heterocycles. The second-order valence-electron chi connectivity index (χ2n) is 9.61. The molecule has 1 aromatic carbocycles. The minimum Gasteiger partial charge on any atom is -0.378 e. The van der Waals surface area contributed by atoms with Crippen molar-refractivity contribution in [2.45, 2.75) is 62.4 Å². The lowest BCUT2D eigenvalue weighted by molar-refractivity contribution is 0.0688. The zero-order valence-electron chi connectivity index (χ0n) is 19.9. The Bertz CT molecular complexity index is 982. The average molecular weight is 483 g/mol. The molecule has 2 aromatic rings. The van der Waals surface area contributed by atoms with Gasteiger partial charge in [-0.3, -0.25) is 0 Å². The van der Waals surface area contributed by atoms with Crippen molar-refractivity contribution < 1.29 is 9.47 Å². The number of thiocarbonyl (C=S) groups is 1. The van der Waals surface area contributed by atoms with Crippen LogP contribution in [0.5, 0.6) is 0 Å². The molecule has 8 nitrogen and oxygen atoms in total. The maximum atomic E-state index is 6.12. The molecule has 0 amide bonds. The number of aromatic nitrogens is 2. The largest absolute Gasteiger partial charge is 0.378 e. The number of nitrogens with zero attached hydrogens (tertiary/aromatic N) is 3. The van der Waals surface area contributed by atoms with Crippen LogP contribution in [0.15, 0.2) is 36.5 Å². The van der Waals surface area contributed by atoms with Gasteiger partial charge >= 0.3 is 0 Å². The van der Waals surface area contributed by atoms with Crippen LogP contribution in [0.1, 0.15) is 32.1 Å². The lowest BCUT2D eigenvalue weighted by Gasteiger charge is -2.26. The predicted molar refractivity (Wildman–Crippen MR) is 138 cm³/mol. The number of ether oxygens (including phenoxy) is 2. The highest BCUT2D eigenvalue weighted by molar-refractivity contribution is 7.80. The first-order chi connectivity index (χ1) is 16.6. The normalized spacial score (nSPS) is 26.6. The minimum atomic E-state index is -0.0680. The predicted octanol–water partition coefficient (Wildman–Crippen LogP) is 2.95. The molecule has 2 saturated heterocycles. The third kappa shape index (κ3) is 5.26. The Balaban J connectivity index is 1.17. The second kappa shape index (κ2) is 10.4. The molecule has 3 N–H and O–H groups in total. The highest BCUT2D eigenvalue weighted by Crippen LogP contribution is 2.29. The van der Waals surface area contributed by atoms with Gasteiger partial charge in [-0.15, -0.1) is 0 Å². The van der Waals surface area contributed by atoms with Crippen LogP contribution >= 0.6 is 12.2 Å². The van der Waals surface area contributed by atoms with Crippen molar-refractivity contribution in [3.8, 4) is 11.3 Å². The van der Waals surface area contributed by atoms with Gasteiger partial charge in [0.25, 0.3) is 0 Å². The molecule has 1 aromatic heterocycles. The van der Waals surface area contributed by atoms with E-state index in [2.05, 4.69) is 50.1 Å². The fourth-order valence-corrected chi connectivity index (χ4v) is 5.39. The summed E-state index contributed by atoms with van der Waals surface area (Å²) in [5, 5.41) is 11.1. The van der Waals surface area contributed by atoms with Gasteiger partial charge in [-0.05, 0) is 43.3 Å². The van der Waals surface area contributed by atoms with E-state index in [4.69, 9.17) is 26.7 Å². The van der Waals surface area contributed by atoms with E-state index in [9.17, 15) is 0 Å². The van der Waals surface area contributed by atoms with Gasteiger partial charge in [0, 0.05) is 37.6 Å². The maximum absolute atomic E-state index is 6.12. The van der Waals surface area contributed by atoms with Gasteiger partial charge in [-0.25, -0.2) is 9.97 Å². The van der Waals surface area contributed by atoms with E-state index >= 15 is 0 Å². The van der Waals surface area contributed by atoms with Gasteiger partial charge < -0.3 is 30.3 Å². The number of nitrogens with one attached hydrogen (secondary N) is 3. The maximum Gasteiger partial charge on any atom is 0.223 e. The van der Waals surface area contributed by atoms with Crippen molar-refractivity contribution in [1.82, 2.24) is 20.6 Å². The molecule has 1 aliphatic carbocycles. The first-order valence-corrected chi connectivity index (χ1v) is 12.7. The molecule has 34 heavy (non-hydrogen) atoms. The number of fused-ring (bicyclic) bond motifs is 1. The molecule has 0 spiro atoms. The Morgan fingerprint density at radius 2 is 1.65 bits per heavy atom. The molecule has 0 unspecified atom stereocenters. The summed E-state index contributed by atoms with van der Waals surface area (Å²) >= 11 is 5.58. The van der Waals surface area contributed by atoms with Crippen LogP contribution in [0.25, 0.3) is 11.3 Å². The molecule has 4 atom stereocenters. The number of rotatable bonds is 6. The molecule has 5 rings (SSSR count). The van der Waals surface area contributed by atoms with Crippen LogP contribution < -0.4 is 20.9 Å². The Morgan fingerprint density at radius 1 is 0.941 bits per heavy atom. The Labute approximate surface area is 206 Å². The van der Waals surface area contributed by atoms with Crippen LogP contribution in [0, 0.1) is 0 Å². The van der Waals surface area contributed by atoms with E-state index in [1.807, 2.05) is 20.2 Å². The summed E-state index contributed by atoms with van der Waals surface area (Å²) in [6, 6.07) is 10.8. The molecule has 1 saturated carbocycles. The summed E-state index contributed by atoms with van der Waals surface area (Å²) < 4.78 is 12.2. The van der Waals surface area contributed by atoms with Crippen molar-refractivity contribution in [2.24, 2.45) is 0 Å². The number of hydrogen-bond donors (Lipinski definition) is 3. The summed E-state index contributed by atoms with van der Waals surface area (Å²) in [6.07, 6.45) is 7.93. The molecule has 0 radical (unpaired) electrons. The number of benzene rings is 1. The van der Waals surface area contributed by atoms with E-state index in [-0.39, 0.29) is 24.3 Å². The van der Waals surface area contributed by atoms with Gasteiger partial charge in [0.15, 0.2) is 5.11 Å². The number of anilines is 2. The van der Waals surface area contributed by atoms with Crippen LogP contribution in [0.2, 0.25) is 0 Å². The fourth-order valence-electron chi connectivity index (χ4n) is 5.07. The van der Waals surface area contributed by atoms with Crippen LogP contribution in [0.4, 0.5) is 11.6 Å². The molecule has 3 fully saturated rings. The van der Waals surface area contributed by atoms with E-state index in [1.54, 1.807) is 6.20 Å². The van der Waals surface area contributed by atoms with E-state index in [0.29, 0.717) is 30.3 Å². The summed E-state index contributed by atoms with van der Waals surface area (Å²) in [4.78, 5) is 11.2. The van der Waals surface area contributed by atoms with Crippen molar-refractivity contribution in [3.63, 3.8) is 0 Å². The van der Waals surface area contributed by atoms with Crippen LogP contribution in [-0.2, 0) is 9.47 Å². The summed E-state index contributed by atoms with van der Waals surface area (Å²) in [7, 11) is 4.06. The first kappa shape index (κ1) is 23.3. The standard InChI is InChI=1S/C25H34N6O2S/c1-31(2)18-10-8-16(9-11-18)19-12-13-26-24(28-19)29-20-14-32-23-21(15-33-22(20)23)30-25(34)27-17-6-4-3-5-7-17/h8-13,17,20-23H,3-7,14-15H2,1-2H3,(H,26,28,29)(H2,27,30,34)/t20-,21+,22-,23+/m1/s1. The average Bonchev–Trinajstić information content (AvgIpc) is 3.43. The zero-order chi connectivity index (χ0) is 23.5. The van der Waals surface area contributed by atoms with Crippen LogP contribution in [-0.4, -0.2) is 72.7 Å². The first-order valence-electron chi connectivity index (χ1n) is 12.2. The highest BCUT2D eigenvalue weighted by atomic mass is 32.1. The van der Waals surface area contributed by atoms with Crippen molar-refractivity contribution in [3.05, 3.63) is 36.5 Å². The smallest absolute Gasteiger partial charge is 0.223 e. The Hall–Kier alpha value is -2.49. The van der Waals surface area contributed by atoms with Gasteiger partial charge in [0.2, 0.25) is 5.95 Å². The number of hydrogen-bond acceptors (Lipinski definition) is 7. The topological polar surface area (TPSA) is 83.6 Å². The monoisotopic (exact) mass is 482 g/mol. The van der Waals surface area contributed by atoms with E-state index in [0.717, 1.165) is 16.9 Å². The van der Waals surface area contributed by atoms with Crippen molar-refractivity contribution >= 4 is 29.0 Å². The zero-order valence-corrected chi connectivity index (χ0v) is 20.7. The molecule has 2 aliphatic heterocycles. The summed E-state index contributed by atoms with van der Waals surface area (Å²) in [5.74, 6) is 0.581.